The maximum absolute atomic E-state index is 11.7. The van der Waals surface area contributed by atoms with Gasteiger partial charge in [-0.25, -0.2) is 0 Å². The standard InChI is InChI=1S/C21H33N3O3S/c1-5-22-21(24-12-10-17(11-13-24)20(25)27-4)23-14-16(2)15-28-19-9-7-6-8-18(19)26-3/h6-9,16-17H,5,10-15H2,1-4H3,(H,22,23). The van der Waals surface area contributed by atoms with Gasteiger partial charge in [0.1, 0.15) is 5.75 Å². The molecule has 1 aliphatic rings. The molecule has 0 aromatic heterocycles. The predicted octanol–water partition coefficient (Wildman–Crippen LogP) is 3.27. The molecule has 1 N–H and O–H groups in total. The zero-order chi connectivity index (χ0) is 20.4. The number of nitrogens with one attached hydrogen (secondary N) is 1. The van der Waals surface area contributed by atoms with Gasteiger partial charge >= 0.3 is 5.97 Å². The van der Waals surface area contributed by atoms with Gasteiger partial charge in [0.15, 0.2) is 5.96 Å². The Morgan fingerprint density at radius 3 is 2.68 bits per heavy atom. The van der Waals surface area contributed by atoms with Crippen molar-refractivity contribution in [2.75, 3.05) is 46.2 Å². The molecule has 0 bridgehead atoms. The highest BCUT2D eigenvalue weighted by Gasteiger charge is 2.27. The summed E-state index contributed by atoms with van der Waals surface area (Å²) >= 11 is 1.81. The molecule has 7 heteroatoms. The summed E-state index contributed by atoms with van der Waals surface area (Å²) in [4.78, 5) is 20.0. The third-order valence-electron chi connectivity index (χ3n) is 4.81. The number of para-hydroxylation sites is 1. The molecule has 0 amide bonds. The summed E-state index contributed by atoms with van der Waals surface area (Å²) in [5.41, 5.74) is 0. The molecule has 1 aromatic rings. The number of likely N-dealkylation sites (tertiary alicyclic amines) is 1. The van der Waals surface area contributed by atoms with Gasteiger partial charge in [0.2, 0.25) is 0 Å². The SMILES string of the molecule is CCNC(=NCC(C)CSc1ccccc1OC)N1CCC(C(=O)OC)CC1. The average Bonchev–Trinajstić information content (AvgIpc) is 2.74. The first-order valence-corrected chi connectivity index (χ1v) is 10.9. The van der Waals surface area contributed by atoms with Gasteiger partial charge in [0, 0.05) is 36.8 Å². The minimum Gasteiger partial charge on any atom is -0.496 e. The molecule has 6 nitrogen and oxygen atoms in total. The summed E-state index contributed by atoms with van der Waals surface area (Å²) in [7, 11) is 3.17. The Morgan fingerprint density at radius 2 is 2.04 bits per heavy atom. The van der Waals surface area contributed by atoms with Gasteiger partial charge in [-0.2, -0.15) is 0 Å². The number of ether oxygens (including phenoxy) is 2. The number of carbonyl (C=O) groups is 1. The summed E-state index contributed by atoms with van der Waals surface area (Å²) in [5, 5.41) is 3.39. The first-order valence-electron chi connectivity index (χ1n) is 9.95. The molecule has 1 unspecified atom stereocenters. The first kappa shape index (κ1) is 22.4. The van der Waals surface area contributed by atoms with Crippen molar-refractivity contribution in [1.29, 1.82) is 0 Å². The number of guanidine groups is 1. The summed E-state index contributed by atoms with van der Waals surface area (Å²) in [5.74, 6) is 3.21. The second-order valence-corrected chi connectivity index (χ2v) is 8.11. The van der Waals surface area contributed by atoms with Crippen LogP contribution in [-0.2, 0) is 9.53 Å². The number of piperidine rings is 1. The summed E-state index contributed by atoms with van der Waals surface area (Å²) < 4.78 is 10.3. The van der Waals surface area contributed by atoms with E-state index in [2.05, 4.69) is 30.1 Å². The molecule has 0 radical (unpaired) electrons. The number of methoxy groups -OCH3 is 2. The Hall–Kier alpha value is -1.89. The zero-order valence-corrected chi connectivity index (χ0v) is 18.3. The maximum atomic E-state index is 11.7. The third-order valence-corrected chi connectivity index (χ3v) is 6.19. The minimum absolute atomic E-state index is 0.0142. The summed E-state index contributed by atoms with van der Waals surface area (Å²) in [6.45, 7) is 7.56. The number of nitrogens with zero attached hydrogens (tertiary/aromatic N) is 2. The van der Waals surface area contributed by atoms with Crippen molar-refractivity contribution in [3.63, 3.8) is 0 Å². The number of rotatable bonds is 8. The average molecular weight is 408 g/mol. The molecule has 156 valence electrons. The van der Waals surface area contributed by atoms with Gasteiger partial charge in [-0.3, -0.25) is 9.79 Å². The van der Waals surface area contributed by atoms with E-state index in [-0.39, 0.29) is 11.9 Å². The Bertz CT molecular complexity index is 646. The lowest BCUT2D eigenvalue weighted by Crippen LogP contribution is -2.46. The van der Waals surface area contributed by atoms with E-state index in [1.54, 1.807) is 18.9 Å². The molecular formula is C21H33N3O3S. The van der Waals surface area contributed by atoms with Crippen LogP contribution in [-0.4, -0.2) is 63.0 Å². The van der Waals surface area contributed by atoms with Crippen molar-refractivity contribution in [3.05, 3.63) is 24.3 Å². The molecule has 2 rings (SSSR count). The fourth-order valence-corrected chi connectivity index (χ4v) is 4.22. The van der Waals surface area contributed by atoms with Crippen molar-refractivity contribution >= 4 is 23.7 Å². The topological polar surface area (TPSA) is 63.2 Å². The number of hydrogen-bond acceptors (Lipinski definition) is 5. The molecule has 1 aliphatic heterocycles. The van der Waals surface area contributed by atoms with Crippen molar-refractivity contribution < 1.29 is 14.3 Å². The highest BCUT2D eigenvalue weighted by Crippen LogP contribution is 2.30. The van der Waals surface area contributed by atoms with Crippen molar-refractivity contribution in [2.24, 2.45) is 16.8 Å². The Kier molecular flexibility index (Phi) is 9.47. The fourth-order valence-electron chi connectivity index (χ4n) is 3.18. The zero-order valence-electron chi connectivity index (χ0n) is 17.4. The van der Waals surface area contributed by atoms with Crippen LogP contribution < -0.4 is 10.1 Å². The van der Waals surface area contributed by atoms with Gasteiger partial charge in [-0.15, -0.1) is 11.8 Å². The van der Waals surface area contributed by atoms with Crippen LogP contribution in [0.5, 0.6) is 5.75 Å². The second-order valence-electron chi connectivity index (χ2n) is 7.05. The van der Waals surface area contributed by atoms with Crippen LogP contribution >= 0.6 is 11.8 Å². The van der Waals surface area contributed by atoms with E-state index in [9.17, 15) is 4.79 Å². The molecule has 1 heterocycles. The number of benzene rings is 1. The highest BCUT2D eigenvalue weighted by atomic mass is 32.2. The molecular weight excluding hydrogens is 374 g/mol. The number of esters is 1. The lowest BCUT2D eigenvalue weighted by Gasteiger charge is -2.33. The summed E-state index contributed by atoms with van der Waals surface area (Å²) in [6, 6.07) is 8.11. The van der Waals surface area contributed by atoms with E-state index in [1.165, 1.54) is 7.11 Å². The molecule has 28 heavy (non-hydrogen) atoms. The van der Waals surface area contributed by atoms with Crippen LogP contribution in [0.3, 0.4) is 0 Å². The monoisotopic (exact) mass is 407 g/mol. The van der Waals surface area contributed by atoms with Crippen LogP contribution in [0, 0.1) is 11.8 Å². The Labute approximate surface area is 173 Å². The maximum Gasteiger partial charge on any atom is 0.308 e. The Balaban J connectivity index is 1.87. The smallest absolute Gasteiger partial charge is 0.308 e. The van der Waals surface area contributed by atoms with Gasteiger partial charge in [-0.1, -0.05) is 19.1 Å². The van der Waals surface area contributed by atoms with Gasteiger partial charge < -0.3 is 19.7 Å². The highest BCUT2D eigenvalue weighted by molar-refractivity contribution is 7.99. The van der Waals surface area contributed by atoms with Crippen LogP contribution in [0.15, 0.2) is 34.2 Å². The van der Waals surface area contributed by atoms with E-state index in [4.69, 9.17) is 14.5 Å². The van der Waals surface area contributed by atoms with E-state index in [0.717, 1.165) is 61.4 Å². The van der Waals surface area contributed by atoms with E-state index >= 15 is 0 Å². The van der Waals surface area contributed by atoms with Crippen molar-refractivity contribution in [2.45, 2.75) is 31.6 Å². The van der Waals surface area contributed by atoms with Crippen molar-refractivity contribution in [3.8, 4) is 5.75 Å². The largest absolute Gasteiger partial charge is 0.496 e. The third kappa shape index (κ3) is 6.62. The molecule has 0 saturated carbocycles. The van der Waals surface area contributed by atoms with Gasteiger partial charge in [-0.05, 0) is 37.8 Å². The van der Waals surface area contributed by atoms with E-state index in [1.807, 2.05) is 18.2 Å². The molecule has 1 atom stereocenters. The van der Waals surface area contributed by atoms with Crippen LogP contribution in [0.1, 0.15) is 26.7 Å². The molecule has 1 aromatic carbocycles. The first-order chi connectivity index (χ1) is 13.6. The molecule has 0 aliphatic carbocycles. The van der Waals surface area contributed by atoms with Crippen LogP contribution in [0.25, 0.3) is 0 Å². The van der Waals surface area contributed by atoms with E-state index < -0.39 is 0 Å². The van der Waals surface area contributed by atoms with E-state index in [0.29, 0.717) is 5.92 Å². The second kappa shape index (κ2) is 11.8. The lowest BCUT2D eigenvalue weighted by molar-refractivity contribution is -0.146. The quantitative estimate of drug-likeness (QED) is 0.309. The number of aliphatic imine (C=N–C) groups is 1. The molecule has 0 spiro atoms. The molecule has 1 saturated heterocycles. The minimum atomic E-state index is -0.0939. The molecule has 1 fully saturated rings. The van der Waals surface area contributed by atoms with Crippen LogP contribution in [0.2, 0.25) is 0 Å². The predicted molar refractivity (Wildman–Crippen MR) is 115 cm³/mol. The Morgan fingerprint density at radius 1 is 1.32 bits per heavy atom. The number of thioether (sulfide) groups is 1. The summed E-state index contributed by atoms with van der Waals surface area (Å²) in [6.07, 6.45) is 1.63. The lowest BCUT2D eigenvalue weighted by atomic mass is 9.97. The van der Waals surface area contributed by atoms with Crippen LogP contribution in [0.4, 0.5) is 0 Å². The number of hydrogen-bond donors (Lipinski definition) is 1. The fraction of sp³-hybridized carbons (Fsp3) is 0.619. The van der Waals surface area contributed by atoms with Crippen molar-refractivity contribution in [1.82, 2.24) is 10.2 Å². The van der Waals surface area contributed by atoms with Gasteiger partial charge in [0.25, 0.3) is 0 Å². The normalized spacial score (nSPS) is 16.6. The van der Waals surface area contributed by atoms with Gasteiger partial charge in [0.05, 0.1) is 20.1 Å². The number of carbonyl (C=O) groups excluding carboxylic acids is 1.